The van der Waals surface area contributed by atoms with Crippen molar-refractivity contribution in [2.45, 2.75) is 43.9 Å². The third kappa shape index (κ3) is 2.67. The standard InChI is InChI=1S/C15H17NO4/c17-14(16-12-8-11-4-5-13(12)20-11)7-9-2-1-3-10(6-9)15(18)19/h1-3,6,11-13H,4-5,7-8H2,(H,16,17)(H,18,19)/t11-,12-,13+/m1/s1. The fourth-order valence-electron chi connectivity index (χ4n) is 3.05. The summed E-state index contributed by atoms with van der Waals surface area (Å²) in [7, 11) is 0. The van der Waals surface area contributed by atoms with E-state index in [0.29, 0.717) is 11.7 Å². The summed E-state index contributed by atoms with van der Waals surface area (Å²) in [6.45, 7) is 0. The van der Waals surface area contributed by atoms with Crippen LogP contribution in [0.2, 0.25) is 0 Å². The van der Waals surface area contributed by atoms with Crippen LogP contribution in [-0.4, -0.2) is 35.2 Å². The summed E-state index contributed by atoms with van der Waals surface area (Å²) in [6.07, 6.45) is 3.68. The average molecular weight is 275 g/mol. The van der Waals surface area contributed by atoms with Gasteiger partial charge in [0.1, 0.15) is 0 Å². The number of hydrogen-bond acceptors (Lipinski definition) is 3. The summed E-state index contributed by atoms with van der Waals surface area (Å²) in [5.41, 5.74) is 0.921. The van der Waals surface area contributed by atoms with E-state index >= 15 is 0 Å². The summed E-state index contributed by atoms with van der Waals surface area (Å²) in [5.74, 6) is -1.05. The number of carboxylic acids is 1. The van der Waals surface area contributed by atoms with Gasteiger partial charge >= 0.3 is 5.97 Å². The number of carboxylic acid groups (broad SMARTS) is 1. The molecule has 0 aliphatic carbocycles. The lowest BCUT2D eigenvalue weighted by Gasteiger charge is -2.20. The molecule has 2 aliphatic rings. The van der Waals surface area contributed by atoms with Gasteiger partial charge in [-0.1, -0.05) is 12.1 Å². The van der Waals surface area contributed by atoms with Crippen molar-refractivity contribution in [2.24, 2.45) is 0 Å². The van der Waals surface area contributed by atoms with Crippen LogP contribution >= 0.6 is 0 Å². The largest absolute Gasteiger partial charge is 0.478 e. The van der Waals surface area contributed by atoms with Crippen LogP contribution in [-0.2, 0) is 16.0 Å². The van der Waals surface area contributed by atoms with Gasteiger partial charge < -0.3 is 15.2 Å². The monoisotopic (exact) mass is 275 g/mol. The topological polar surface area (TPSA) is 75.6 Å². The number of aromatic carboxylic acids is 1. The third-order valence-electron chi connectivity index (χ3n) is 3.99. The summed E-state index contributed by atoms with van der Waals surface area (Å²) < 4.78 is 5.69. The predicted octanol–water partition coefficient (Wildman–Crippen LogP) is 1.36. The quantitative estimate of drug-likeness (QED) is 0.870. The van der Waals surface area contributed by atoms with Gasteiger partial charge in [-0.3, -0.25) is 4.79 Å². The Morgan fingerprint density at radius 1 is 1.35 bits per heavy atom. The Bertz CT molecular complexity index is 542. The van der Waals surface area contributed by atoms with E-state index in [9.17, 15) is 9.59 Å². The summed E-state index contributed by atoms with van der Waals surface area (Å²) in [4.78, 5) is 22.9. The second-order valence-electron chi connectivity index (χ2n) is 5.47. The van der Waals surface area contributed by atoms with Crippen LogP contribution < -0.4 is 5.32 Å². The van der Waals surface area contributed by atoms with Gasteiger partial charge in [-0.25, -0.2) is 4.79 Å². The molecule has 0 radical (unpaired) electrons. The van der Waals surface area contributed by atoms with E-state index in [4.69, 9.17) is 9.84 Å². The van der Waals surface area contributed by atoms with Crippen LogP contribution in [0.5, 0.6) is 0 Å². The van der Waals surface area contributed by atoms with Gasteiger partial charge in [0.05, 0.1) is 30.2 Å². The number of fused-ring (bicyclic) bond motifs is 2. The van der Waals surface area contributed by atoms with Gasteiger partial charge in [0.25, 0.3) is 0 Å². The second kappa shape index (κ2) is 5.25. The normalized spacial score (nSPS) is 27.5. The van der Waals surface area contributed by atoms with Crippen molar-refractivity contribution in [1.82, 2.24) is 5.32 Å². The fraction of sp³-hybridized carbons (Fsp3) is 0.467. The van der Waals surface area contributed by atoms with Crippen LogP contribution in [0.4, 0.5) is 0 Å². The maximum Gasteiger partial charge on any atom is 0.335 e. The lowest BCUT2D eigenvalue weighted by molar-refractivity contribution is -0.121. The SMILES string of the molecule is O=C(Cc1cccc(C(=O)O)c1)N[C@@H]1C[C@H]2CC[C@@H]1O2. The minimum Gasteiger partial charge on any atom is -0.478 e. The number of ether oxygens (including phenoxy) is 1. The molecule has 3 rings (SSSR count). The molecule has 1 amide bonds. The van der Waals surface area contributed by atoms with Gasteiger partial charge in [0, 0.05) is 0 Å². The first-order chi connectivity index (χ1) is 9.61. The molecular weight excluding hydrogens is 258 g/mol. The smallest absolute Gasteiger partial charge is 0.335 e. The molecule has 20 heavy (non-hydrogen) atoms. The van der Waals surface area contributed by atoms with Crippen molar-refractivity contribution in [3.8, 4) is 0 Å². The Kier molecular flexibility index (Phi) is 3.44. The molecule has 1 aromatic carbocycles. The molecule has 1 aromatic rings. The number of carbonyl (C=O) groups excluding carboxylic acids is 1. The van der Waals surface area contributed by atoms with Gasteiger partial charge in [-0.15, -0.1) is 0 Å². The molecule has 5 nitrogen and oxygen atoms in total. The molecule has 106 valence electrons. The molecular formula is C15H17NO4. The zero-order chi connectivity index (χ0) is 14.1. The zero-order valence-electron chi connectivity index (χ0n) is 11.0. The predicted molar refractivity (Wildman–Crippen MR) is 71.5 cm³/mol. The van der Waals surface area contributed by atoms with Gasteiger partial charge in [0.15, 0.2) is 0 Å². The lowest BCUT2D eigenvalue weighted by Crippen LogP contribution is -2.42. The molecule has 0 saturated carbocycles. The Morgan fingerprint density at radius 3 is 2.85 bits per heavy atom. The van der Waals surface area contributed by atoms with Crippen LogP contribution in [0.15, 0.2) is 24.3 Å². The molecule has 2 aliphatic heterocycles. The summed E-state index contributed by atoms with van der Waals surface area (Å²) in [5, 5.41) is 11.9. The molecule has 0 unspecified atom stereocenters. The van der Waals surface area contributed by atoms with Crippen LogP contribution in [0.25, 0.3) is 0 Å². The number of benzene rings is 1. The van der Waals surface area contributed by atoms with Crippen molar-refractivity contribution >= 4 is 11.9 Å². The molecule has 2 N–H and O–H groups in total. The number of hydrogen-bond donors (Lipinski definition) is 2. The Morgan fingerprint density at radius 2 is 2.20 bits per heavy atom. The van der Waals surface area contributed by atoms with Crippen molar-refractivity contribution in [1.29, 1.82) is 0 Å². The molecule has 2 saturated heterocycles. The van der Waals surface area contributed by atoms with Crippen LogP contribution in [0.3, 0.4) is 0 Å². The number of rotatable bonds is 4. The highest BCUT2D eigenvalue weighted by molar-refractivity contribution is 5.88. The van der Waals surface area contributed by atoms with Crippen LogP contribution in [0.1, 0.15) is 35.2 Å². The summed E-state index contributed by atoms with van der Waals surface area (Å²) >= 11 is 0. The zero-order valence-corrected chi connectivity index (χ0v) is 11.0. The highest BCUT2D eigenvalue weighted by Gasteiger charge is 2.41. The number of nitrogens with one attached hydrogen (secondary N) is 1. The molecule has 5 heteroatoms. The first kappa shape index (κ1) is 13.1. The van der Waals surface area contributed by atoms with Gasteiger partial charge in [-0.2, -0.15) is 0 Å². The Balaban J connectivity index is 1.59. The highest BCUT2D eigenvalue weighted by atomic mass is 16.5. The lowest BCUT2D eigenvalue weighted by atomic mass is 9.95. The average Bonchev–Trinajstić information content (AvgIpc) is 3.01. The van der Waals surface area contributed by atoms with E-state index in [1.807, 2.05) is 0 Å². The first-order valence-electron chi connectivity index (χ1n) is 6.89. The van der Waals surface area contributed by atoms with Gasteiger partial charge in [-0.05, 0) is 37.0 Å². The summed E-state index contributed by atoms with van der Waals surface area (Å²) in [6, 6.07) is 6.60. The second-order valence-corrected chi connectivity index (χ2v) is 5.47. The maximum absolute atomic E-state index is 12.0. The molecule has 2 fully saturated rings. The minimum absolute atomic E-state index is 0.0753. The highest BCUT2D eigenvalue weighted by Crippen LogP contribution is 2.34. The van der Waals surface area contributed by atoms with E-state index in [0.717, 1.165) is 19.3 Å². The van der Waals surface area contributed by atoms with Crippen molar-refractivity contribution < 1.29 is 19.4 Å². The van der Waals surface area contributed by atoms with Gasteiger partial charge in [0.2, 0.25) is 5.91 Å². The Labute approximate surface area is 116 Å². The first-order valence-corrected chi connectivity index (χ1v) is 6.89. The van der Waals surface area contributed by atoms with E-state index in [1.54, 1.807) is 18.2 Å². The van der Waals surface area contributed by atoms with Crippen molar-refractivity contribution in [3.63, 3.8) is 0 Å². The van der Waals surface area contributed by atoms with Crippen molar-refractivity contribution in [2.75, 3.05) is 0 Å². The minimum atomic E-state index is -0.978. The molecule has 2 bridgehead atoms. The van der Waals surface area contributed by atoms with E-state index in [-0.39, 0.29) is 30.0 Å². The van der Waals surface area contributed by atoms with E-state index < -0.39 is 5.97 Å². The molecule has 2 heterocycles. The molecule has 3 atom stereocenters. The van der Waals surface area contributed by atoms with E-state index in [2.05, 4.69) is 5.32 Å². The third-order valence-corrected chi connectivity index (χ3v) is 3.99. The Hall–Kier alpha value is -1.88. The maximum atomic E-state index is 12.0. The number of amides is 1. The fourth-order valence-corrected chi connectivity index (χ4v) is 3.05. The van der Waals surface area contributed by atoms with Crippen LogP contribution in [0, 0.1) is 0 Å². The molecule has 0 aromatic heterocycles. The van der Waals surface area contributed by atoms with E-state index in [1.165, 1.54) is 6.07 Å². The van der Waals surface area contributed by atoms with Crippen molar-refractivity contribution in [3.05, 3.63) is 35.4 Å². The molecule has 0 spiro atoms. The number of carbonyl (C=O) groups is 2.